The first-order chi connectivity index (χ1) is 24.2. The molecule has 12 nitrogen and oxygen atoms in total. The third-order valence-corrected chi connectivity index (χ3v) is 12.5. The molecule has 6 aliphatic rings. The van der Waals surface area contributed by atoms with Gasteiger partial charge in [0.15, 0.2) is 0 Å². The van der Waals surface area contributed by atoms with Gasteiger partial charge in [0.2, 0.25) is 17.7 Å². The Balaban J connectivity index is 0.749. The minimum atomic E-state index is -0.637. The average Bonchev–Trinajstić information content (AvgIpc) is 3.80. The number of hydrogen-bond acceptors (Lipinski definition) is 9. The number of hydrogen-bond donors (Lipinski definition) is 3. The van der Waals surface area contributed by atoms with Gasteiger partial charge in [0.25, 0.3) is 5.91 Å². The summed E-state index contributed by atoms with van der Waals surface area (Å²) in [5.41, 5.74) is 12.2. The highest BCUT2D eigenvalue weighted by Gasteiger charge is 2.97. The number of imide groups is 1. The molecule has 50 heavy (non-hydrogen) atoms. The zero-order valence-corrected chi connectivity index (χ0v) is 27.9. The third kappa shape index (κ3) is 4.79. The van der Waals surface area contributed by atoms with Gasteiger partial charge in [-0.25, -0.2) is 4.98 Å². The number of benzene rings is 2. The van der Waals surface area contributed by atoms with Gasteiger partial charge in [-0.15, -0.1) is 0 Å². The van der Waals surface area contributed by atoms with Crippen LogP contribution in [0, 0.1) is 10.8 Å². The van der Waals surface area contributed by atoms with Gasteiger partial charge in [-0.2, -0.15) is 0 Å². The van der Waals surface area contributed by atoms with Crippen molar-refractivity contribution in [2.45, 2.75) is 82.1 Å². The number of carbonyl (C=O) groups excluding carboxylic acids is 4. The Kier molecular flexibility index (Phi) is 7.00. The van der Waals surface area contributed by atoms with Crippen molar-refractivity contribution < 1.29 is 19.2 Å². The van der Waals surface area contributed by atoms with E-state index in [1.54, 1.807) is 23.4 Å². The molecule has 4 heterocycles. The molecule has 0 bridgehead atoms. The molecule has 4 N–H and O–H groups in total. The van der Waals surface area contributed by atoms with Crippen LogP contribution in [-0.4, -0.2) is 80.3 Å². The van der Waals surface area contributed by atoms with Gasteiger partial charge in [-0.1, -0.05) is 24.3 Å². The van der Waals surface area contributed by atoms with Crippen LogP contribution in [0.5, 0.6) is 0 Å². The molecular weight excluding hydrogens is 632 g/mol. The van der Waals surface area contributed by atoms with Crippen molar-refractivity contribution in [3.8, 4) is 0 Å². The van der Waals surface area contributed by atoms with Crippen LogP contribution < -0.4 is 16.4 Å². The second-order valence-corrected chi connectivity index (χ2v) is 15.1. The van der Waals surface area contributed by atoms with Gasteiger partial charge < -0.3 is 16.0 Å². The van der Waals surface area contributed by atoms with Crippen LogP contribution in [0.25, 0.3) is 16.6 Å². The quantitative estimate of drug-likeness (QED) is 0.231. The molecule has 9 rings (SSSR count). The van der Waals surface area contributed by atoms with Crippen molar-refractivity contribution in [2.75, 3.05) is 13.1 Å². The molecule has 3 aromatic rings. The van der Waals surface area contributed by atoms with E-state index in [9.17, 15) is 19.2 Å². The lowest BCUT2D eigenvalue weighted by molar-refractivity contribution is -0.137. The first-order valence-electron chi connectivity index (χ1n) is 17.7. The lowest BCUT2D eigenvalue weighted by atomic mass is 9.76. The Morgan fingerprint density at radius 3 is 2.66 bits per heavy atom. The highest BCUT2D eigenvalue weighted by molar-refractivity contribution is 6.09. The van der Waals surface area contributed by atoms with Crippen molar-refractivity contribution in [3.63, 3.8) is 0 Å². The molecule has 1 aromatic heterocycles. The van der Waals surface area contributed by atoms with Gasteiger partial charge in [0.1, 0.15) is 6.04 Å². The molecule has 256 valence electrons. The van der Waals surface area contributed by atoms with Crippen LogP contribution in [0.4, 0.5) is 0 Å². The summed E-state index contributed by atoms with van der Waals surface area (Å²) < 4.78 is 0. The Bertz CT molecular complexity index is 2040. The van der Waals surface area contributed by atoms with E-state index in [2.05, 4.69) is 20.5 Å². The van der Waals surface area contributed by atoms with E-state index in [0.29, 0.717) is 36.9 Å². The SMILES string of the molecule is NC=C(C=NC1CCN(C23CC4(CC(=O)NCc5ccc6c(c5)CN(C5CCC(=O)NC5=O)C6=O)CC42C3)CC1)c1cnc2ccccc2n1. The van der Waals surface area contributed by atoms with Crippen molar-refractivity contribution >= 4 is 46.4 Å². The van der Waals surface area contributed by atoms with Crippen molar-refractivity contribution in [3.05, 3.63) is 77.2 Å². The maximum atomic E-state index is 13.2. The monoisotopic (exact) mass is 672 g/mol. The van der Waals surface area contributed by atoms with Crippen LogP contribution in [0.1, 0.15) is 78.5 Å². The first kappa shape index (κ1) is 31.0. The van der Waals surface area contributed by atoms with Crippen molar-refractivity contribution in [2.24, 2.45) is 21.6 Å². The Hall–Kier alpha value is -4.97. The number of rotatable bonds is 9. The molecule has 1 spiro atoms. The van der Waals surface area contributed by atoms with Gasteiger partial charge in [-0.05, 0) is 78.7 Å². The van der Waals surface area contributed by atoms with Crippen LogP contribution >= 0.6 is 0 Å². The predicted octanol–water partition coefficient (Wildman–Crippen LogP) is 2.85. The van der Waals surface area contributed by atoms with Crippen molar-refractivity contribution in [1.29, 1.82) is 0 Å². The van der Waals surface area contributed by atoms with E-state index < -0.39 is 11.9 Å². The molecule has 4 unspecified atom stereocenters. The summed E-state index contributed by atoms with van der Waals surface area (Å²) in [5.74, 6) is -0.828. The average molecular weight is 673 g/mol. The molecule has 4 amide bonds. The number of carbonyl (C=O) groups is 4. The molecule has 3 aliphatic carbocycles. The number of allylic oxidation sites excluding steroid dienone is 1. The highest BCUT2D eigenvalue weighted by atomic mass is 16.2. The fraction of sp³-hybridized carbons (Fsp3) is 0.447. The summed E-state index contributed by atoms with van der Waals surface area (Å²) in [5, 5.41) is 5.47. The molecule has 4 atom stereocenters. The Morgan fingerprint density at radius 2 is 1.88 bits per heavy atom. The second-order valence-electron chi connectivity index (χ2n) is 15.1. The fourth-order valence-corrected chi connectivity index (χ4v) is 9.86. The van der Waals surface area contributed by atoms with E-state index in [4.69, 9.17) is 15.7 Å². The topological polar surface area (TPSA) is 163 Å². The second kappa shape index (κ2) is 11.3. The van der Waals surface area contributed by atoms with E-state index in [1.807, 2.05) is 42.6 Å². The van der Waals surface area contributed by atoms with Crippen LogP contribution in [-0.2, 0) is 27.5 Å². The minimum Gasteiger partial charge on any atom is -0.404 e. The van der Waals surface area contributed by atoms with E-state index in [-0.39, 0.29) is 41.1 Å². The smallest absolute Gasteiger partial charge is 0.255 e. The van der Waals surface area contributed by atoms with E-state index in [0.717, 1.165) is 72.2 Å². The van der Waals surface area contributed by atoms with Gasteiger partial charge >= 0.3 is 0 Å². The van der Waals surface area contributed by atoms with Gasteiger partial charge in [0.05, 0.1) is 29.0 Å². The number of fused-ring (bicyclic) bond motifs is 2. The summed E-state index contributed by atoms with van der Waals surface area (Å²) in [6.07, 6.45) is 11.7. The number of nitrogens with one attached hydrogen (secondary N) is 2. The molecule has 5 fully saturated rings. The minimum absolute atomic E-state index is 0.0806. The van der Waals surface area contributed by atoms with E-state index >= 15 is 0 Å². The number of nitrogens with two attached hydrogens (primary N) is 1. The molecule has 3 aliphatic heterocycles. The molecular formula is C38H40N8O4. The number of aromatic nitrogens is 2. The van der Waals surface area contributed by atoms with Gasteiger partial charge in [-0.3, -0.25) is 39.4 Å². The van der Waals surface area contributed by atoms with Gasteiger partial charge in [0, 0.05) is 68.1 Å². The number of amides is 4. The number of para-hydroxylation sites is 2. The first-order valence-corrected chi connectivity index (χ1v) is 17.7. The zero-order valence-electron chi connectivity index (χ0n) is 27.9. The normalized spacial score (nSPS) is 30.5. The lowest BCUT2D eigenvalue weighted by Gasteiger charge is -2.45. The number of nitrogens with zero attached hydrogens (tertiary/aromatic N) is 5. The summed E-state index contributed by atoms with van der Waals surface area (Å²) in [4.78, 5) is 68.4. The molecule has 12 heteroatoms. The summed E-state index contributed by atoms with van der Waals surface area (Å²) >= 11 is 0. The fourth-order valence-electron chi connectivity index (χ4n) is 9.86. The predicted molar refractivity (Wildman–Crippen MR) is 185 cm³/mol. The maximum Gasteiger partial charge on any atom is 0.255 e. The van der Waals surface area contributed by atoms with Crippen LogP contribution in [0.2, 0.25) is 0 Å². The molecule has 2 saturated heterocycles. The molecule has 0 radical (unpaired) electrons. The van der Waals surface area contributed by atoms with Crippen LogP contribution in [0.15, 0.2) is 59.9 Å². The summed E-state index contributed by atoms with van der Waals surface area (Å²) in [6.45, 7) is 2.76. The Labute approximate surface area is 289 Å². The van der Waals surface area contributed by atoms with Crippen LogP contribution in [0.3, 0.4) is 0 Å². The summed E-state index contributed by atoms with van der Waals surface area (Å²) in [7, 11) is 0. The number of likely N-dealkylation sites (tertiary alicyclic amines) is 1. The largest absolute Gasteiger partial charge is 0.404 e. The highest BCUT2D eigenvalue weighted by Crippen LogP contribution is 2.98. The maximum absolute atomic E-state index is 13.2. The zero-order chi connectivity index (χ0) is 34.3. The standard InChI is InChI=1S/C38H40N8O4/c39-15-25(30-18-41-28-3-1-2-4-29(28)43-30)17-40-26-9-11-45(12-10-26)38-21-36(20-37(36,38)22-38)14-33(48)42-16-23-5-6-27-24(13-23)19-46(35(27)50)31-7-8-32(47)44-34(31)49/h1-6,13,15,17-18,26,31H,7-12,14,16,19-22,39H2,(H,42,48)(H,44,47,49). The lowest BCUT2D eigenvalue weighted by Crippen LogP contribution is -2.52. The third-order valence-electron chi connectivity index (χ3n) is 12.5. The summed E-state index contributed by atoms with van der Waals surface area (Å²) in [6, 6.07) is 13.0. The van der Waals surface area contributed by atoms with E-state index in [1.165, 1.54) is 6.42 Å². The molecule has 2 aromatic carbocycles. The van der Waals surface area contributed by atoms with Crippen molar-refractivity contribution in [1.82, 2.24) is 30.4 Å². The number of piperidine rings is 2. The number of aliphatic imine (C=N–C) groups is 1. The Morgan fingerprint density at radius 1 is 1.06 bits per heavy atom. The molecule has 3 saturated carbocycles.